The molecule has 0 aromatic heterocycles. The Morgan fingerprint density at radius 1 is 1.33 bits per heavy atom. The minimum atomic E-state index is 0. The number of benzene rings is 1. The van der Waals surface area contributed by atoms with E-state index in [9.17, 15) is 0 Å². The van der Waals surface area contributed by atoms with E-state index in [-0.39, 0.29) is 24.0 Å². The molecule has 1 atom stereocenters. The molecule has 1 aromatic carbocycles. The Morgan fingerprint density at radius 2 is 2.12 bits per heavy atom. The zero-order valence-electron chi connectivity index (χ0n) is 14.7. The van der Waals surface area contributed by atoms with Crippen LogP contribution in [-0.2, 0) is 16.0 Å². The maximum Gasteiger partial charge on any atom is 0.193 e. The molecule has 1 fully saturated rings. The minimum absolute atomic E-state index is 0. The van der Waals surface area contributed by atoms with Crippen molar-refractivity contribution >= 4 is 29.9 Å². The van der Waals surface area contributed by atoms with E-state index >= 15 is 0 Å². The molecular weight excluding hydrogens is 417 g/mol. The molecule has 1 saturated heterocycles. The highest BCUT2D eigenvalue weighted by Gasteiger charge is 2.15. The van der Waals surface area contributed by atoms with E-state index < -0.39 is 0 Å². The van der Waals surface area contributed by atoms with Gasteiger partial charge in [-0.1, -0.05) is 30.3 Å². The van der Waals surface area contributed by atoms with Crippen molar-refractivity contribution in [3.05, 3.63) is 35.9 Å². The number of hydrogen-bond donors (Lipinski definition) is 1. The first-order chi connectivity index (χ1) is 11.3. The highest BCUT2D eigenvalue weighted by molar-refractivity contribution is 14.0. The van der Waals surface area contributed by atoms with Crippen LogP contribution in [-0.4, -0.2) is 57.9 Å². The number of guanidine groups is 1. The molecule has 1 aromatic rings. The fourth-order valence-corrected chi connectivity index (χ4v) is 2.44. The lowest BCUT2D eigenvalue weighted by Crippen LogP contribution is -2.37. The van der Waals surface area contributed by atoms with Gasteiger partial charge in [0, 0.05) is 39.8 Å². The molecule has 1 N–H and O–H groups in total. The summed E-state index contributed by atoms with van der Waals surface area (Å²) in [7, 11) is 4.01. The van der Waals surface area contributed by atoms with Gasteiger partial charge in [0.05, 0.1) is 19.8 Å². The van der Waals surface area contributed by atoms with Gasteiger partial charge in [-0.15, -0.1) is 24.0 Å². The lowest BCUT2D eigenvalue weighted by atomic mass is 10.1. The van der Waals surface area contributed by atoms with Gasteiger partial charge in [-0.05, 0) is 18.4 Å². The number of rotatable bonds is 8. The second kappa shape index (κ2) is 12.5. The van der Waals surface area contributed by atoms with Gasteiger partial charge < -0.3 is 19.7 Å². The van der Waals surface area contributed by atoms with Crippen LogP contribution in [0, 0.1) is 5.92 Å². The van der Waals surface area contributed by atoms with Crippen LogP contribution in [0.15, 0.2) is 35.3 Å². The molecule has 0 bridgehead atoms. The zero-order chi connectivity index (χ0) is 16.3. The monoisotopic (exact) mass is 447 g/mol. The van der Waals surface area contributed by atoms with Crippen LogP contribution < -0.4 is 5.32 Å². The predicted molar refractivity (Wildman–Crippen MR) is 109 cm³/mol. The van der Waals surface area contributed by atoms with Crippen LogP contribution in [0.3, 0.4) is 0 Å². The molecule has 6 heteroatoms. The van der Waals surface area contributed by atoms with E-state index in [1.807, 2.05) is 37.2 Å². The maximum absolute atomic E-state index is 5.72. The standard InChI is InChI=1S/C18H29N3O2.HI/c1-21(2)18(20-13-16-7-4-3-5-8-16)19-10-6-11-22-14-17-9-12-23-15-17;/h3-5,7-8,17H,6,9-15H2,1-2H3,(H,19,20);1H. The zero-order valence-corrected chi connectivity index (χ0v) is 17.1. The van der Waals surface area contributed by atoms with Gasteiger partial charge in [0.15, 0.2) is 5.96 Å². The van der Waals surface area contributed by atoms with Crippen molar-refractivity contribution in [2.45, 2.75) is 19.4 Å². The number of ether oxygens (including phenoxy) is 2. The Morgan fingerprint density at radius 3 is 2.79 bits per heavy atom. The van der Waals surface area contributed by atoms with Gasteiger partial charge in [-0.25, -0.2) is 4.99 Å². The first-order valence-electron chi connectivity index (χ1n) is 8.41. The summed E-state index contributed by atoms with van der Waals surface area (Å²) in [6, 6.07) is 10.3. The third-order valence-corrected chi connectivity index (χ3v) is 3.80. The van der Waals surface area contributed by atoms with Gasteiger partial charge in [0.2, 0.25) is 0 Å². The quantitative estimate of drug-likeness (QED) is 0.288. The number of hydrogen-bond acceptors (Lipinski definition) is 3. The highest BCUT2D eigenvalue weighted by atomic mass is 127. The topological polar surface area (TPSA) is 46.1 Å². The lowest BCUT2D eigenvalue weighted by molar-refractivity contribution is 0.0887. The van der Waals surface area contributed by atoms with Crippen molar-refractivity contribution in [3.8, 4) is 0 Å². The van der Waals surface area contributed by atoms with Gasteiger partial charge in [0.25, 0.3) is 0 Å². The Hall–Kier alpha value is -0.860. The molecular formula is C18H30IN3O2. The molecule has 0 amide bonds. The molecule has 1 unspecified atom stereocenters. The van der Waals surface area contributed by atoms with E-state index in [0.717, 1.165) is 51.8 Å². The number of nitrogens with one attached hydrogen (secondary N) is 1. The smallest absolute Gasteiger partial charge is 0.193 e. The van der Waals surface area contributed by atoms with Crippen molar-refractivity contribution < 1.29 is 9.47 Å². The van der Waals surface area contributed by atoms with E-state index in [4.69, 9.17) is 9.47 Å². The van der Waals surface area contributed by atoms with Crippen LogP contribution in [0.5, 0.6) is 0 Å². The van der Waals surface area contributed by atoms with Crippen LogP contribution in [0.2, 0.25) is 0 Å². The average molecular weight is 447 g/mol. The van der Waals surface area contributed by atoms with E-state index in [0.29, 0.717) is 12.5 Å². The largest absolute Gasteiger partial charge is 0.381 e. The fraction of sp³-hybridized carbons (Fsp3) is 0.611. The second-order valence-electron chi connectivity index (χ2n) is 6.10. The molecule has 0 radical (unpaired) electrons. The molecule has 0 saturated carbocycles. The molecule has 0 spiro atoms. The maximum atomic E-state index is 5.72. The molecule has 1 heterocycles. The van der Waals surface area contributed by atoms with Crippen molar-refractivity contribution in [2.75, 3.05) is 47.1 Å². The predicted octanol–water partition coefficient (Wildman–Crippen LogP) is 2.76. The molecule has 5 nitrogen and oxygen atoms in total. The van der Waals surface area contributed by atoms with Crippen molar-refractivity contribution in [1.82, 2.24) is 10.2 Å². The summed E-state index contributed by atoms with van der Waals surface area (Å²) in [5, 5.41) is 3.39. The van der Waals surface area contributed by atoms with E-state index in [1.54, 1.807) is 0 Å². The second-order valence-corrected chi connectivity index (χ2v) is 6.10. The normalized spacial score (nSPS) is 17.4. The van der Waals surface area contributed by atoms with Gasteiger partial charge in [0.1, 0.15) is 0 Å². The minimum Gasteiger partial charge on any atom is -0.381 e. The van der Waals surface area contributed by atoms with Crippen LogP contribution in [0.1, 0.15) is 18.4 Å². The van der Waals surface area contributed by atoms with E-state index in [1.165, 1.54) is 5.56 Å². The molecule has 0 aliphatic carbocycles. The van der Waals surface area contributed by atoms with Crippen molar-refractivity contribution in [3.63, 3.8) is 0 Å². The van der Waals surface area contributed by atoms with Crippen molar-refractivity contribution in [2.24, 2.45) is 10.9 Å². The molecule has 136 valence electrons. The SMILES string of the molecule is CN(C)C(=NCc1ccccc1)NCCCOCC1CCOC1.I. The third-order valence-electron chi connectivity index (χ3n) is 3.80. The average Bonchev–Trinajstić information content (AvgIpc) is 3.07. The number of nitrogens with zero attached hydrogens (tertiary/aromatic N) is 2. The summed E-state index contributed by atoms with van der Waals surface area (Å²) < 4.78 is 11.1. The first-order valence-corrected chi connectivity index (χ1v) is 8.41. The van der Waals surface area contributed by atoms with Gasteiger partial charge >= 0.3 is 0 Å². The Bertz CT molecular complexity index is 463. The van der Waals surface area contributed by atoms with Crippen molar-refractivity contribution in [1.29, 1.82) is 0 Å². The molecule has 2 rings (SSSR count). The Balaban J connectivity index is 0.00000288. The Labute approximate surface area is 162 Å². The van der Waals surface area contributed by atoms with Gasteiger partial charge in [-0.2, -0.15) is 0 Å². The van der Waals surface area contributed by atoms with Crippen LogP contribution >= 0.6 is 24.0 Å². The molecule has 1 aliphatic heterocycles. The lowest BCUT2D eigenvalue weighted by Gasteiger charge is -2.18. The summed E-state index contributed by atoms with van der Waals surface area (Å²) in [6.07, 6.45) is 2.11. The molecule has 1 aliphatic rings. The van der Waals surface area contributed by atoms with Crippen LogP contribution in [0.4, 0.5) is 0 Å². The summed E-state index contributed by atoms with van der Waals surface area (Å²) >= 11 is 0. The number of aliphatic imine (C=N–C) groups is 1. The fourth-order valence-electron chi connectivity index (χ4n) is 2.44. The summed E-state index contributed by atoms with van der Waals surface area (Å²) in [5.41, 5.74) is 1.22. The highest BCUT2D eigenvalue weighted by Crippen LogP contribution is 2.12. The molecule has 24 heavy (non-hydrogen) atoms. The summed E-state index contributed by atoms with van der Waals surface area (Å²) in [6.45, 7) is 4.91. The summed E-state index contributed by atoms with van der Waals surface area (Å²) in [5.74, 6) is 1.51. The first kappa shape index (κ1) is 21.2. The Kier molecular flexibility index (Phi) is 11.0. The summed E-state index contributed by atoms with van der Waals surface area (Å²) in [4.78, 5) is 6.66. The van der Waals surface area contributed by atoms with Crippen LogP contribution in [0.25, 0.3) is 0 Å². The number of halogens is 1. The third kappa shape index (κ3) is 8.30. The van der Waals surface area contributed by atoms with Gasteiger partial charge in [-0.3, -0.25) is 0 Å². The van der Waals surface area contributed by atoms with E-state index in [2.05, 4.69) is 22.4 Å².